The van der Waals surface area contributed by atoms with Crippen molar-refractivity contribution >= 4 is 22.6 Å². The standard InChI is InChI=1S/C25H29N3O2/c1-17(2)15-23(25(26)30)27-28-24(29)14-9-18-7-10-20(11-8-18)22-13-12-19-5-3-4-6-21(19)16-22/h3-8,10-13,16-17,23,27H,9,14-15H2,1-2H3,(H2,26,30)(H,28,29)/t23-/m1/s1. The van der Waals surface area contributed by atoms with Crippen LogP contribution in [0.2, 0.25) is 0 Å². The van der Waals surface area contributed by atoms with Crippen molar-refractivity contribution in [1.82, 2.24) is 10.9 Å². The monoisotopic (exact) mass is 403 g/mol. The Morgan fingerprint density at radius 2 is 1.57 bits per heavy atom. The van der Waals surface area contributed by atoms with E-state index >= 15 is 0 Å². The molecule has 5 heteroatoms. The fraction of sp³-hybridized carbons (Fsp3) is 0.280. The van der Waals surface area contributed by atoms with Crippen molar-refractivity contribution in [1.29, 1.82) is 0 Å². The van der Waals surface area contributed by atoms with Gasteiger partial charge >= 0.3 is 0 Å². The summed E-state index contributed by atoms with van der Waals surface area (Å²) in [6.45, 7) is 4.00. The molecule has 0 aliphatic rings. The predicted molar refractivity (Wildman–Crippen MR) is 121 cm³/mol. The second-order valence-electron chi connectivity index (χ2n) is 8.04. The average molecular weight is 404 g/mol. The minimum Gasteiger partial charge on any atom is -0.368 e. The molecule has 1 atom stereocenters. The second kappa shape index (κ2) is 10.0. The smallest absolute Gasteiger partial charge is 0.236 e. The first-order valence-electron chi connectivity index (χ1n) is 10.3. The topological polar surface area (TPSA) is 84.2 Å². The molecule has 0 saturated carbocycles. The molecule has 3 aromatic rings. The number of fused-ring (bicyclic) bond motifs is 1. The zero-order valence-electron chi connectivity index (χ0n) is 17.5. The predicted octanol–water partition coefficient (Wildman–Crippen LogP) is 3.96. The number of carbonyl (C=O) groups excluding carboxylic acids is 2. The first-order valence-corrected chi connectivity index (χ1v) is 10.3. The van der Waals surface area contributed by atoms with Crippen LogP contribution < -0.4 is 16.6 Å². The number of primary amides is 1. The van der Waals surface area contributed by atoms with Crippen LogP contribution >= 0.6 is 0 Å². The highest BCUT2D eigenvalue weighted by Gasteiger charge is 2.17. The fourth-order valence-electron chi connectivity index (χ4n) is 3.44. The molecule has 0 spiro atoms. The van der Waals surface area contributed by atoms with Crippen LogP contribution in [0, 0.1) is 5.92 Å². The third-order valence-corrected chi connectivity index (χ3v) is 5.11. The number of rotatable bonds is 9. The van der Waals surface area contributed by atoms with E-state index < -0.39 is 11.9 Å². The number of aryl methyl sites for hydroxylation is 1. The van der Waals surface area contributed by atoms with Crippen molar-refractivity contribution in [2.24, 2.45) is 11.7 Å². The van der Waals surface area contributed by atoms with E-state index in [0.29, 0.717) is 25.2 Å². The van der Waals surface area contributed by atoms with Gasteiger partial charge in [0.2, 0.25) is 11.8 Å². The highest BCUT2D eigenvalue weighted by molar-refractivity contribution is 5.87. The molecule has 156 valence electrons. The fourth-order valence-corrected chi connectivity index (χ4v) is 3.44. The molecule has 0 aliphatic carbocycles. The molecule has 0 saturated heterocycles. The minimum atomic E-state index is -0.560. The Labute approximate surface area is 177 Å². The molecular weight excluding hydrogens is 374 g/mol. The van der Waals surface area contributed by atoms with E-state index in [1.807, 2.05) is 26.0 Å². The van der Waals surface area contributed by atoms with Crippen molar-refractivity contribution in [2.75, 3.05) is 0 Å². The van der Waals surface area contributed by atoms with Gasteiger partial charge in [0.05, 0.1) is 0 Å². The third kappa shape index (κ3) is 5.91. The van der Waals surface area contributed by atoms with E-state index in [1.165, 1.54) is 16.3 Å². The molecule has 0 bridgehead atoms. The van der Waals surface area contributed by atoms with Crippen LogP contribution in [0.4, 0.5) is 0 Å². The maximum absolute atomic E-state index is 12.1. The van der Waals surface area contributed by atoms with Crippen LogP contribution in [0.3, 0.4) is 0 Å². The van der Waals surface area contributed by atoms with Gasteiger partial charge < -0.3 is 5.73 Å². The number of amides is 2. The van der Waals surface area contributed by atoms with E-state index in [0.717, 1.165) is 11.1 Å². The number of carbonyl (C=O) groups is 2. The largest absolute Gasteiger partial charge is 0.368 e. The van der Waals surface area contributed by atoms with E-state index in [4.69, 9.17) is 5.73 Å². The summed E-state index contributed by atoms with van der Waals surface area (Å²) in [7, 11) is 0. The highest BCUT2D eigenvalue weighted by Crippen LogP contribution is 2.25. The van der Waals surface area contributed by atoms with Crippen LogP contribution in [0.15, 0.2) is 66.7 Å². The van der Waals surface area contributed by atoms with E-state index in [1.54, 1.807) is 0 Å². The van der Waals surface area contributed by atoms with Gasteiger partial charge in [-0.2, -0.15) is 0 Å². The van der Waals surface area contributed by atoms with Gasteiger partial charge in [0.25, 0.3) is 0 Å². The summed E-state index contributed by atoms with van der Waals surface area (Å²) in [6.07, 6.45) is 1.53. The van der Waals surface area contributed by atoms with Gasteiger partial charge in [-0.1, -0.05) is 74.5 Å². The Kier molecular flexibility index (Phi) is 7.20. The molecule has 0 aromatic heterocycles. The summed E-state index contributed by atoms with van der Waals surface area (Å²) < 4.78 is 0. The summed E-state index contributed by atoms with van der Waals surface area (Å²) in [5.74, 6) is -0.329. The Morgan fingerprint density at radius 1 is 0.900 bits per heavy atom. The summed E-state index contributed by atoms with van der Waals surface area (Å²) in [4.78, 5) is 23.6. The maximum Gasteiger partial charge on any atom is 0.236 e. The van der Waals surface area contributed by atoms with E-state index in [-0.39, 0.29) is 5.91 Å². The van der Waals surface area contributed by atoms with Gasteiger partial charge in [0.1, 0.15) is 6.04 Å². The molecule has 30 heavy (non-hydrogen) atoms. The van der Waals surface area contributed by atoms with Crippen molar-refractivity contribution in [3.05, 3.63) is 72.3 Å². The van der Waals surface area contributed by atoms with Crippen LogP contribution in [0.5, 0.6) is 0 Å². The highest BCUT2D eigenvalue weighted by atomic mass is 16.2. The minimum absolute atomic E-state index is 0.163. The van der Waals surface area contributed by atoms with E-state index in [9.17, 15) is 9.59 Å². The van der Waals surface area contributed by atoms with Crippen LogP contribution in [0.1, 0.15) is 32.3 Å². The van der Waals surface area contributed by atoms with Gasteiger partial charge in [-0.3, -0.25) is 15.0 Å². The lowest BCUT2D eigenvalue weighted by Gasteiger charge is -2.17. The van der Waals surface area contributed by atoms with Crippen LogP contribution in [0.25, 0.3) is 21.9 Å². The molecule has 5 nitrogen and oxygen atoms in total. The lowest BCUT2D eigenvalue weighted by atomic mass is 9.99. The molecule has 2 amide bonds. The molecule has 0 aliphatic heterocycles. The molecule has 0 heterocycles. The molecule has 0 unspecified atom stereocenters. The number of nitrogens with one attached hydrogen (secondary N) is 2. The first-order chi connectivity index (χ1) is 14.4. The molecule has 0 fully saturated rings. The number of hydrogen-bond donors (Lipinski definition) is 3. The molecule has 3 aromatic carbocycles. The second-order valence-corrected chi connectivity index (χ2v) is 8.04. The summed E-state index contributed by atoms with van der Waals surface area (Å²) >= 11 is 0. The van der Waals surface area contributed by atoms with Crippen molar-refractivity contribution in [3.8, 4) is 11.1 Å². The van der Waals surface area contributed by atoms with Crippen LogP contribution in [-0.2, 0) is 16.0 Å². The normalized spacial score (nSPS) is 12.1. The molecule has 4 N–H and O–H groups in total. The Bertz CT molecular complexity index is 1010. The molecular formula is C25H29N3O2. The van der Waals surface area contributed by atoms with Crippen LogP contribution in [-0.4, -0.2) is 17.9 Å². The van der Waals surface area contributed by atoms with Gasteiger partial charge in [-0.25, -0.2) is 5.43 Å². The number of hydrazine groups is 1. The first kappa shape index (κ1) is 21.5. The third-order valence-electron chi connectivity index (χ3n) is 5.11. The molecule has 3 rings (SSSR count). The lowest BCUT2D eigenvalue weighted by Crippen LogP contribution is -2.51. The summed E-state index contributed by atoms with van der Waals surface area (Å²) in [5, 5.41) is 2.44. The zero-order valence-corrected chi connectivity index (χ0v) is 17.5. The summed E-state index contributed by atoms with van der Waals surface area (Å²) in [6, 6.07) is 22.5. The van der Waals surface area contributed by atoms with Crippen molar-refractivity contribution in [3.63, 3.8) is 0 Å². The number of nitrogens with two attached hydrogens (primary N) is 1. The van der Waals surface area contributed by atoms with Gasteiger partial charge in [0.15, 0.2) is 0 Å². The Morgan fingerprint density at radius 3 is 2.23 bits per heavy atom. The van der Waals surface area contributed by atoms with Gasteiger partial charge in [0, 0.05) is 6.42 Å². The van der Waals surface area contributed by atoms with Gasteiger partial charge in [-0.15, -0.1) is 0 Å². The number of benzene rings is 3. The lowest BCUT2D eigenvalue weighted by molar-refractivity contribution is -0.124. The van der Waals surface area contributed by atoms with Crippen molar-refractivity contribution in [2.45, 2.75) is 39.2 Å². The van der Waals surface area contributed by atoms with E-state index in [2.05, 4.69) is 65.4 Å². The number of hydrogen-bond acceptors (Lipinski definition) is 3. The average Bonchev–Trinajstić information content (AvgIpc) is 2.74. The Balaban J connectivity index is 1.53. The van der Waals surface area contributed by atoms with Crippen molar-refractivity contribution < 1.29 is 9.59 Å². The Hall–Kier alpha value is -3.18. The maximum atomic E-state index is 12.1. The van der Waals surface area contributed by atoms with Gasteiger partial charge in [-0.05, 0) is 52.3 Å². The zero-order chi connectivity index (χ0) is 21.5. The summed E-state index contributed by atoms with van der Waals surface area (Å²) in [5.41, 5.74) is 14.1. The SMILES string of the molecule is CC(C)C[C@@H](NNC(=O)CCc1ccc(-c2ccc3ccccc3c2)cc1)C(N)=O. The quantitative estimate of drug-likeness (QED) is 0.473. The molecule has 0 radical (unpaired) electrons.